The molecule has 1 aromatic heterocycles. The van der Waals surface area contributed by atoms with Crippen LogP contribution in [0.2, 0.25) is 0 Å². The van der Waals surface area contributed by atoms with Crippen molar-refractivity contribution in [3.8, 4) is 0 Å². The number of H-pyrrole nitrogens is 1. The first-order valence-electron chi connectivity index (χ1n) is 9.35. The second-order valence-electron chi connectivity index (χ2n) is 7.30. The summed E-state index contributed by atoms with van der Waals surface area (Å²) < 4.78 is 0. The first kappa shape index (κ1) is 17.5. The van der Waals surface area contributed by atoms with E-state index in [1.807, 2.05) is 17.0 Å². The predicted molar refractivity (Wildman–Crippen MR) is 99.1 cm³/mol. The van der Waals surface area contributed by atoms with Crippen LogP contribution in [-0.2, 0) is 9.59 Å². The Labute approximate surface area is 156 Å². The van der Waals surface area contributed by atoms with Crippen LogP contribution >= 0.6 is 0 Å². The summed E-state index contributed by atoms with van der Waals surface area (Å²) >= 11 is 0. The van der Waals surface area contributed by atoms with Crippen LogP contribution in [0.4, 0.5) is 4.79 Å². The number of benzene rings is 1. The van der Waals surface area contributed by atoms with E-state index in [1.165, 1.54) is 0 Å². The van der Waals surface area contributed by atoms with E-state index >= 15 is 0 Å². The summed E-state index contributed by atoms with van der Waals surface area (Å²) in [6.45, 7) is 3.42. The topological polar surface area (TPSA) is 107 Å². The third-order valence-electron chi connectivity index (χ3n) is 5.47. The highest BCUT2D eigenvalue weighted by Crippen LogP contribution is 2.28. The van der Waals surface area contributed by atoms with Crippen molar-refractivity contribution < 1.29 is 14.4 Å². The maximum Gasteiger partial charge on any atom is 0.322 e. The van der Waals surface area contributed by atoms with Crippen LogP contribution in [0.3, 0.4) is 0 Å². The number of aryl methyl sites for hydroxylation is 1. The molecule has 142 valence electrons. The van der Waals surface area contributed by atoms with Crippen molar-refractivity contribution in [1.29, 1.82) is 0 Å². The molecule has 2 fully saturated rings. The fourth-order valence-electron chi connectivity index (χ4n) is 3.88. The van der Waals surface area contributed by atoms with E-state index in [-0.39, 0.29) is 18.2 Å². The molecule has 0 aliphatic carbocycles. The highest BCUT2D eigenvalue weighted by molar-refractivity contribution is 6.04. The number of carbonyl (C=O) groups excluding carboxylic acids is 3. The Bertz CT molecular complexity index is 898. The molecule has 8 heteroatoms. The summed E-state index contributed by atoms with van der Waals surface area (Å²) in [6.07, 6.45) is 2.32. The van der Waals surface area contributed by atoms with Crippen molar-refractivity contribution in [2.75, 3.05) is 13.1 Å². The number of hydrogen-bond donors (Lipinski definition) is 3. The number of nitrogens with zero attached hydrogens (tertiary/aromatic N) is 2. The molecule has 4 rings (SSSR count). The predicted octanol–water partition coefficient (Wildman–Crippen LogP) is 1.57. The van der Waals surface area contributed by atoms with Gasteiger partial charge in [0.1, 0.15) is 11.9 Å². The first-order valence-corrected chi connectivity index (χ1v) is 9.35. The van der Waals surface area contributed by atoms with Crippen LogP contribution in [0, 0.1) is 6.92 Å². The average molecular weight is 369 g/mol. The lowest BCUT2D eigenvalue weighted by molar-refractivity contribution is -0.132. The van der Waals surface area contributed by atoms with Crippen molar-refractivity contribution >= 4 is 28.9 Å². The summed E-state index contributed by atoms with van der Waals surface area (Å²) in [6, 6.07) is 5.03. The number of imidazole rings is 1. The summed E-state index contributed by atoms with van der Waals surface area (Å²) in [7, 11) is 0. The number of rotatable bonds is 4. The van der Waals surface area contributed by atoms with Gasteiger partial charge < -0.3 is 15.2 Å². The molecule has 3 N–H and O–H groups in total. The first-order chi connectivity index (χ1) is 13.0. The van der Waals surface area contributed by atoms with Gasteiger partial charge in [-0.3, -0.25) is 14.9 Å². The standard InChI is InChI=1S/C19H23N5O3/c1-11-3-2-4-13-16(11)22-17(20-13)12-7-9-24(10-8-12)15(25)6-5-14-18(26)23-19(27)21-14/h2-4,12,14H,5-10H2,1H3,(H,20,22)(H2,21,23,26,27)/t14-/m0/s1. The molecule has 0 bridgehead atoms. The lowest BCUT2D eigenvalue weighted by Gasteiger charge is -2.31. The van der Waals surface area contributed by atoms with Crippen molar-refractivity contribution in [1.82, 2.24) is 25.5 Å². The quantitative estimate of drug-likeness (QED) is 0.711. The zero-order valence-corrected chi connectivity index (χ0v) is 15.2. The Hall–Kier alpha value is -2.90. The van der Waals surface area contributed by atoms with Crippen LogP contribution < -0.4 is 10.6 Å². The number of fused-ring (bicyclic) bond motifs is 1. The van der Waals surface area contributed by atoms with Gasteiger partial charge in [-0.1, -0.05) is 12.1 Å². The molecule has 1 atom stereocenters. The fraction of sp³-hybridized carbons (Fsp3) is 0.474. The Balaban J connectivity index is 1.31. The van der Waals surface area contributed by atoms with Gasteiger partial charge in [0.15, 0.2) is 0 Å². The third-order valence-corrected chi connectivity index (χ3v) is 5.47. The monoisotopic (exact) mass is 369 g/mol. The van der Waals surface area contributed by atoms with E-state index in [9.17, 15) is 14.4 Å². The van der Waals surface area contributed by atoms with E-state index in [2.05, 4.69) is 28.6 Å². The van der Waals surface area contributed by atoms with Crippen molar-refractivity contribution in [3.63, 3.8) is 0 Å². The number of carbonyl (C=O) groups is 3. The number of aromatic nitrogens is 2. The van der Waals surface area contributed by atoms with Gasteiger partial charge in [0.05, 0.1) is 11.0 Å². The molecule has 27 heavy (non-hydrogen) atoms. The number of amides is 4. The summed E-state index contributed by atoms with van der Waals surface area (Å²) in [5.41, 5.74) is 3.23. The highest BCUT2D eigenvalue weighted by atomic mass is 16.2. The number of urea groups is 1. The van der Waals surface area contributed by atoms with Crippen LogP contribution in [0.15, 0.2) is 18.2 Å². The molecule has 1 aromatic carbocycles. The SMILES string of the molecule is Cc1cccc2[nH]c(C3CCN(C(=O)CC[C@@H]4NC(=O)NC4=O)CC3)nc12. The zero-order chi connectivity index (χ0) is 19.0. The Kier molecular flexibility index (Phi) is 4.55. The van der Waals surface area contributed by atoms with Gasteiger partial charge in [-0.15, -0.1) is 0 Å². The maximum absolute atomic E-state index is 12.4. The molecule has 0 spiro atoms. The number of para-hydroxylation sites is 1. The second kappa shape index (κ2) is 7.02. The number of nitrogens with one attached hydrogen (secondary N) is 3. The number of aromatic amines is 1. The molecule has 0 radical (unpaired) electrons. The summed E-state index contributed by atoms with van der Waals surface area (Å²) in [4.78, 5) is 45.1. The molecule has 3 heterocycles. The molecule has 2 saturated heterocycles. The van der Waals surface area contributed by atoms with E-state index in [4.69, 9.17) is 4.98 Å². The number of piperidine rings is 1. The average Bonchev–Trinajstić information content (AvgIpc) is 3.23. The number of imide groups is 1. The van der Waals surface area contributed by atoms with E-state index < -0.39 is 12.1 Å². The van der Waals surface area contributed by atoms with Crippen molar-refractivity contribution in [2.24, 2.45) is 0 Å². The minimum Gasteiger partial charge on any atom is -0.343 e. The zero-order valence-electron chi connectivity index (χ0n) is 15.2. The molecular formula is C19H23N5O3. The lowest BCUT2D eigenvalue weighted by Crippen LogP contribution is -2.39. The normalized spacial score (nSPS) is 20.8. The van der Waals surface area contributed by atoms with Crippen LogP contribution in [0.5, 0.6) is 0 Å². The van der Waals surface area contributed by atoms with Gasteiger partial charge in [-0.2, -0.15) is 0 Å². The molecule has 8 nitrogen and oxygen atoms in total. The van der Waals surface area contributed by atoms with Crippen LogP contribution in [-0.4, -0.2) is 51.8 Å². The lowest BCUT2D eigenvalue weighted by atomic mass is 9.95. The van der Waals surface area contributed by atoms with Crippen LogP contribution in [0.25, 0.3) is 11.0 Å². The van der Waals surface area contributed by atoms with Crippen molar-refractivity contribution in [3.05, 3.63) is 29.6 Å². The molecule has 2 aliphatic rings. The number of hydrogen-bond acceptors (Lipinski definition) is 4. The minimum absolute atomic E-state index is 0.0304. The van der Waals surface area contributed by atoms with Gasteiger partial charge in [-0.05, 0) is 37.8 Å². The highest BCUT2D eigenvalue weighted by Gasteiger charge is 2.31. The van der Waals surface area contributed by atoms with Gasteiger partial charge in [0.2, 0.25) is 5.91 Å². The Morgan fingerprint density at radius 1 is 1.26 bits per heavy atom. The number of likely N-dealkylation sites (tertiary alicyclic amines) is 1. The van der Waals surface area contributed by atoms with Crippen molar-refractivity contribution in [2.45, 2.75) is 44.6 Å². The molecule has 2 aromatic rings. The molecule has 4 amide bonds. The van der Waals surface area contributed by atoms with Gasteiger partial charge >= 0.3 is 6.03 Å². The Morgan fingerprint density at radius 3 is 2.70 bits per heavy atom. The van der Waals surface area contributed by atoms with E-state index in [0.29, 0.717) is 25.4 Å². The van der Waals surface area contributed by atoms with E-state index in [1.54, 1.807) is 0 Å². The fourth-order valence-corrected chi connectivity index (χ4v) is 3.88. The second-order valence-corrected chi connectivity index (χ2v) is 7.30. The third kappa shape index (κ3) is 3.51. The van der Waals surface area contributed by atoms with Gasteiger partial charge in [-0.25, -0.2) is 9.78 Å². The van der Waals surface area contributed by atoms with Gasteiger partial charge in [0.25, 0.3) is 5.91 Å². The Morgan fingerprint density at radius 2 is 2.04 bits per heavy atom. The van der Waals surface area contributed by atoms with E-state index in [0.717, 1.165) is 35.3 Å². The smallest absolute Gasteiger partial charge is 0.322 e. The molecule has 0 saturated carbocycles. The molecule has 0 unspecified atom stereocenters. The minimum atomic E-state index is -0.599. The largest absolute Gasteiger partial charge is 0.343 e. The molecular weight excluding hydrogens is 346 g/mol. The summed E-state index contributed by atoms with van der Waals surface area (Å²) in [5, 5.41) is 4.71. The maximum atomic E-state index is 12.4. The molecule has 2 aliphatic heterocycles. The van der Waals surface area contributed by atoms with Gasteiger partial charge in [0, 0.05) is 25.4 Å². The summed E-state index contributed by atoms with van der Waals surface area (Å²) in [5.74, 6) is 0.993. The van der Waals surface area contributed by atoms with Crippen LogP contribution in [0.1, 0.15) is 43.0 Å².